The van der Waals surface area contributed by atoms with Gasteiger partial charge >= 0.3 is 5.97 Å². The maximum absolute atomic E-state index is 12.3. The molecule has 2 aromatic rings. The number of nitrogens with zero attached hydrogens (tertiary/aromatic N) is 1. The van der Waals surface area contributed by atoms with Crippen molar-refractivity contribution in [2.75, 3.05) is 26.8 Å². The molecule has 2 aromatic carbocycles. The number of hydrogen-bond donors (Lipinski definition) is 1. The van der Waals surface area contributed by atoms with Crippen molar-refractivity contribution in [2.24, 2.45) is 5.14 Å². The van der Waals surface area contributed by atoms with E-state index in [-0.39, 0.29) is 29.7 Å². The lowest BCUT2D eigenvalue weighted by atomic mass is 10.1. The Balaban J connectivity index is 1.56. The number of fused-ring (bicyclic) bond motifs is 1. The zero-order chi connectivity index (χ0) is 21.9. The zero-order valence-electron chi connectivity index (χ0n) is 16.5. The number of hydrogen-bond acceptors (Lipinski definition) is 7. The summed E-state index contributed by atoms with van der Waals surface area (Å²) in [5, 5.41) is 5.09. The highest BCUT2D eigenvalue weighted by Crippen LogP contribution is 2.30. The van der Waals surface area contributed by atoms with Gasteiger partial charge in [-0.15, -0.1) is 0 Å². The number of primary sulfonamides is 1. The van der Waals surface area contributed by atoms with Crippen molar-refractivity contribution in [1.29, 1.82) is 0 Å². The van der Waals surface area contributed by atoms with Gasteiger partial charge in [-0.25, -0.2) is 18.4 Å². The highest BCUT2D eigenvalue weighted by atomic mass is 32.2. The number of aryl methyl sites for hydroxylation is 1. The van der Waals surface area contributed by atoms with Crippen LogP contribution < -0.4 is 14.6 Å². The van der Waals surface area contributed by atoms with E-state index >= 15 is 0 Å². The Bertz CT molecular complexity index is 1070. The van der Waals surface area contributed by atoms with Gasteiger partial charge in [0, 0.05) is 7.05 Å². The Hall–Kier alpha value is -3.11. The molecule has 1 unspecified atom stereocenters. The number of sulfonamides is 1. The van der Waals surface area contributed by atoms with Gasteiger partial charge in [0.05, 0.1) is 17.0 Å². The van der Waals surface area contributed by atoms with E-state index in [4.69, 9.17) is 19.3 Å². The van der Waals surface area contributed by atoms with Gasteiger partial charge in [-0.05, 0) is 36.8 Å². The molecule has 0 bridgehead atoms. The van der Waals surface area contributed by atoms with Crippen LogP contribution in [0.4, 0.5) is 0 Å². The Morgan fingerprint density at radius 2 is 1.90 bits per heavy atom. The van der Waals surface area contributed by atoms with Crippen molar-refractivity contribution in [3.63, 3.8) is 0 Å². The molecule has 1 aliphatic rings. The third-order valence-corrected chi connectivity index (χ3v) is 5.47. The second kappa shape index (κ2) is 8.72. The van der Waals surface area contributed by atoms with Crippen molar-refractivity contribution in [3.8, 4) is 11.5 Å². The predicted octanol–water partition coefficient (Wildman–Crippen LogP) is 1.10. The average Bonchev–Trinajstić information content (AvgIpc) is 2.71. The van der Waals surface area contributed by atoms with Crippen LogP contribution in [0.25, 0.3) is 0 Å². The first-order chi connectivity index (χ1) is 14.1. The van der Waals surface area contributed by atoms with E-state index in [9.17, 15) is 18.0 Å². The van der Waals surface area contributed by atoms with Gasteiger partial charge in [0.2, 0.25) is 10.0 Å². The molecule has 0 saturated carbocycles. The second-order valence-corrected chi connectivity index (χ2v) is 8.43. The fraction of sp³-hybridized carbons (Fsp3) is 0.300. The van der Waals surface area contributed by atoms with Gasteiger partial charge < -0.3 is 19.1 Å². The van der Waals surface area contributed by atoms with Crippen LogP contribution in [0.15, 0.2) is 47.4 Å². The summed E-state index contributed by atoms with van der Waals surface area (Å²) in [5.74, 6) is -0.00279. The molecule has 1 atom stereocenters. The highest BCUT2D eigenvalue weighted by molar-refractivity contribution is 7.89. The van der Waals surface area contributed by atoms with Crippen LogP contribution in [0, 0.1) is 6.92 Å². The summed E-state index contributed by atoms with van der Waals surface area (Å²) in [7, 11) is -2.40. The molecule has 10 heteroatoms. The number of likely N-dealkylation sites (N-methyl/N-ethyl adjacent to an activating group) is 1. The number of carbonyl (C=O) groups is 2. The number of para-hydroxylation sites is 2. The van der Waals surface area contributed by atoms with Crippen LogP contribution in [0.2, 0.25) is 0 Å². The van der Waals surface area contributed by atoms with Crippen molar-refractivity contribution in [2.45, 2.75) is 17.9 Å². The quantitative estimate of drug-likeness (QED) is 0.675. The molecular weight excluding hydrogens is 412 g/mol. The highest BCUT2D eigenvalue weighted by Gasteiger charge is 2.24. The van der Waals surface area contributed by atoms with Crippen molar-refractivity contribution >= 4 is 21.9 Å². The van der Waals surface area contributed by atoms with E-state index in [1.807, 2.05) is 12.1 Å². The maximum Gasteiger partial charge on any atom is 0.338 e. The SMILES string of the molecule is Cc1ccc(S(N)(=O)=O)cc1C(=O)OCC(=O)N(C)CC1COc2ccccc2O1. The van der Waals surface area contributed by atoms with Crippen LogP contribution in [-0.4, -0.2) is 58.1 Å². The maximum atomic E-state index is 12.3. The molecule has 0 spiro atoms. The van der Waals surface area contributed by atoms with Crippen LogP contribution in [-0.2, 0) is 19.6 Å². The minimum Gasteiger partial charge on any atom is -0.486 e. The van der Waals surface area contributed by atoms with E-state index in [1.54, 1.807) is 26.1 Å². The molecular formula is C20H22N2O7S. The molecule has 3 rings (SSSR count). The topological polar surface area (TPSA) is 125 Å². The Labute approximate surface area is 174 Å². The van der Waals surface area contributed by atoms with E-state index in [0.717, 1.165) is 6.07 Å². The lowest BCUT2D eigenvalue weighted by molar-refractivity contribution is -0.134. The summed E-state index contributed by atoms with van der Waals surface area (Å²) in [6, 6.07) is 11.1. The van der Waals surface area contributed by atoms with Gasteiger partial charge in [-0.3, -0.25) is 4.79 Å². The fourth-order valence-electron chi connectivity index (χ4n) is 2.87. The molecule has 0 radical (unpaired) electrons. The molecule has 0 aliphatic carbocycles. The molecule has 2 N–H and O–H groups in total. The summed E-state index contributed by atoms with van der Waals surface area (Å²) < 4.78 is 39.5. The Kier molecular flexibility index (Phi) is 6.28. The fourth-order valence-corrected chi connectivity index (χ4v) is 3.41. The number of ether oxygens (including phenoxy) is 3. The van der Waals surface area contributed by atoms with Crippen LogP contribution >= 0.6 is 0 Å². The van der Waals surface area contributed by atoms with Gasteiger partial charge in [0.25, 0.3) is 5.91 Å². The van der Waals surface area contributed by atoms with E-state index in [2.05, 4.69) is 0 Å². The first-order valence-corrected chi connectivity index (χ1v) is 10.6. The van der Waals surface area contributed by atoms with E-state index in [0.29, 0.717) is 17.1 Å². The van der Waals surface area contributed by atoms with Crippen molar-refractivity contribution in [3.05, 3.63) is 53.6 Å². The van der Waals surface area contributed by atoms with E-state index in [1.165, 1.54) is 17.0 Å². The molecule has 9 nitrogen and oxygen atoms in total. The largest absolute Gasteiger partial charge is 0.486 e. The number of benzene rings is 2. The van der Waals surface area contributed by atoms with Crippen LogP contribution in [0.1, 0.15) is 15.9 Å². The smallest absolute Gasteiger partial charge is 0.338 e. The number of amides is 1. The van der Waals surface area contributed by atoms with Crippen molar-refractivity contribution < 1.29 is 32.2 Å². The lowest BCUT2D eigenvalue weighted by Gasteiger charge is -2.29. The number of nitrogens with two attached hydrogens (primary N) is 1. The summed E-state index contributed by atoms with van der Waals surface area (Å²) >= 11 is 0. The summed E-state index contributed by atoms with van der Waals surface area (Å²) in [4.78, 5) is 25.8. The molecule has 0 aromatic heterocycles. The summed E-state index contributed by atoms with van der Waals surface area (Å²) in [6.45, 7) is 1.65. The van der Waals surface area contributed by atoms with Crippen LogP contribution in [0.3, 0.4) is 0 Å². The minimum atomic E-state index is -3.97. The van der Waals surface area contributed by atoms with Gasteiger partial charge in [0.1, 0.15) is 6.61 Å². The lowest BCUT2D eigenvalue weighted by Crippen LogP contribution is -2.43. The molecule has 30 heavy (non-hydrogen) atoms. The molecule has 1 heterocycles. The molecule has 1 aliphatic heterocycles. The molecule has 160 valence electrons. The van der Waals surface area contributed by atoms with Gasteiger partial charge in [-0.2, -0.15) is 0 Å². The third-order valence-electron chi connectivity index (χ3n) is 4.55. The van der Waals surface area contributed by atoms with E-state index < -0.39 is 28.5 Å². The summed E-state index contributed by atoms with van der Waals surface area (Å²) in [6.07, 6.45) is -0.363. The zero-order valence-corrected chi connectivity index (χ0v) is 17.3. The first-order valence-electron chi connectivity index (χ1n) is 9.08. The number of rotatable bonds is 6. The average molecular weight is 434 g/mol. The normalized spacial score (nSPS) is 15.4. The van der Waals surface area contributed by atoms with Gasteiger partial charge in [-0.1, -0.05) is 18.2 Å². The first kappa shape index (κ1) is 21.6. The number of esters is 1. The van der Waals surface area contributed by atoms with Crippen LogP contribution in [0.5, 0.6) is 11.5 Å². The summed E-state index contributed by atoms with van der Waals surface area (Å²) in [5.41, 5.74) is 0.525. The third kappa shape index (κ3) is 5.08. The minimum absolute atomic E-state index is 0.0256. The second-order valence-electron chi connectivity index (χ2n) is 6.87. The molecule has 0 fully saturated rings. The van der Waals surface area contributed by atoms with Gasteiger partial charge in [0.15, 0.2) is 24.2 Å². The Morgan fingerprint density at radius 1 is 1.20 bits per heavy atom. The Morgan fingerprint density at radius 3 is 2.60 bits per heavy atom. The monoisotopic (exact) mass is 434 g/mol. The molecule has 0 saturated heterocycles. The standard InChI is InChI=1S/C20H22N2O7S/c1-13-7-8-15(30(21,25)26)9-16(13)20(24)28-12-19(23)22(2)10-14-11-27-17-5-3-4-6-18(17)29-14/h3-9,14H,10-12H2,1-2H3,(H2,21,25,26). The number of carbonyl (C=O) groups excluding carboxylic acids is 2. The predicted molar refractivity (Wildman–Crippen MR) is 107 cm³/mol. The molecule has 1 amide bonds. The van der Waals surface area contributed by atoms with Crippen molar-refractivity contribution in [1.82, 2.24) is 4.90 Å².